The van der Waals surface area contributed by atoms with E-state index in [0.29, 0.717) is 62.1 Å². The zero-order chi connectivity index (χ0) is 36.6. The summed E-state index contributed by atoms with van der Waals surface area (Å²) in [6, 6.07) is 5.85. The normalized spacial score (nSPS) is 23.6. The van der Waals surface area contributed by atoms with Crippen LogP contribution in [-0.2, 0) is 0 Å². The average molecular weight is 761 g/mol. The monoisotopic (exact) mass is 760 g/mol. The molecule has 0 aliphatic carbocycles. The Labute approximate surface area is 310 Å². The summed E-state index contributed by atoms with van der Waals surface area (Å²) in [4.78, 5) is 33.0. The Balaban J connectivity index is 1.17. The number of aromatic nitrogens is 5. The van der Waals surface area contributed by atoms with Crippen molar-refractivity contribution in [2.45, 2.75) is 49.6 Å². The number of carbonyl (C=O) groups excluding carboxylic acids is 1. The molecule has 2 N–H and O–H groups in total. The van der Waals surface area contributed by atoms with E-state index in [0.717, 1.165) is 43.6 Å². The lowest BCUT2D eigenvalue weighted by atomic mass is 9.94. The van der Waals surface area contributed by atoms with E-state index in [-0.39, 0.29) is 61.0 Å². The van der Waals surface area contributed by atoms with Crippen LogP contribution < -0.4 is 15.4 Å². The van der Waals surface area contributed by atoms with Crippen LogP contribution in [-0.4, -0.2) is 91.0 Å². The minimum atomic E-state index is -0.801. The molecule has 0 bridgehead atoms. The van der Waals surface area contributed by atoms with Crippen LogP contribution in [0.2, 0.25) is 5.02 Å². The number of thiophene rings is 1. The summed E-state index contributed by atoms with van der Waals surface area (Å²) in [5.41, 5.74) is 5.91. The Bertz CT molecular complexity index is 2400. The van der Waals surface area contributed by atoms with Crippen LogP contribution >= 0.6 is 22.9 Å². The maximum absolute atomic E-state index is 17.2. The van der Waals surface area contributed by atoms with Gasteiger partial charge in [-0.3, -0.25) is 4.90 Å². The van der Waals surface area contributed by atoms with Crippen LogP contribution in [0.4, 0.5) is 28.8 Å². The third kappa shape index (κ3) is 5.23. The number of anilines is 2. The lowest BCUT2D eigenvalue weighted by Crippen LogP contribution is -2.50. The van der Waals surface area contributed by atoms with Crippen molar-refractivity contribution in [2.24, 2.45) is 0 Å². The number of likely N-dealkylation sites (tertiary alicyclic amines) is 1. The van der Waals surface area contributed by atoms with Crippen molar-refractivity contribution in [1.82, 2.24) is 34.5 Å². The molecule has 2 aromatic carbocycles. The van der Waals surface area contributed by atoms with Gasteiger partial charge in [-0.15, -0.1) is 11.3 Å². The van der Waals surface area contributed by atoms with Gasteiger partial charge in [0.2, 0.25) is 0 Å². The van der Waals surface area contributed by atoms with Gasteiger partial charge in [0.25, 0.3) is 0 Å². The van der Waals surface area contributed by atoms with Gasteiger partial charge in [-0.25, -0.2) is 22.9 Å². The molecule has 17 heteroatoms. The topological polar surface area (TPSA) is 142 Å². The number of benzene rings is 2. The molecular formula is C36H32ClF3N10O2S. The lowest BCUT2D eigenvalue weighted by molar-refractivity contribution is 0.108. The highest BCUT2D eigenvalue weighted by molar-refractivity contribution is 7.23. The van der Waals surface area contributed by atoms with E-state index in [1.807, 2.05) is 15.9 Å². The highest BCUT2D eigenvalue weighted by atomic mass is 35.5. The largest absolute Gasteiger partial charge is 0.461 e. The summed E-state index contributed by atoms with van der Waals surface area (Å²) in [6.07, 6.45) is 7.79. The zero-order valence-electron chi connectivity index (χ0n) is 28.3. The molecule has 0 radical (unpaired) electrons. The summed E-state index contributed by atoms with van der Waals surface area (Å²) < 4.78 is 53.6. The Morgan fingerprint density at radius 2 is 2.02 bits per heavy atom. The zero-order valence-corrected chi connectivity index (χ0v) is 29.9. The fourth-order valence-electron chi connectivity index (χ4n) is 9.00. The molecule has 3 aromatic heterocycles. The molecule has 2 atom stereocenters. The van der Waals surface area contributed by atoms with Gasteiger partial charge < -0.3 is 20.3 Å². The molecule has 272 valence electrons. The summed E-state index contributed by atoms with van der Waals surface area (Å²) in [5.74, 6) is -1.01. The molecule has 4 aliphatic heterocycles. The molecule has 1 spiro atoms. The third-order valence-electron chi connectivity index (χ3n) is 11.4. The van der Waals surface area contributed by atoms with Gasteiger partial charge in [0.15, 0.2) is 5.82 Å². The molecule has 4 saturated heterocycles. The second-order valence-electron chi connectivity index (χ2n) is 14.3. The number of halogens is 4. The van der Waals surface area contributed by atoms with Crippen molar-refractivity contribution < 1.29 is 22.7 Å². The number of hydrogen-bond donors (Lipinski definition) is 1. The number of fused-ring (bicyclic) bond motifs is 3. The number of carbonyl (C=O) groups is 1. The number of nitrogen functional groups attached to an aromatic ring is 1. The van der Waals surface area contributed by atoms with E-state index in [2.05, 4.69) is 20.0 Å². The molecule has 9 rings (SSSR count). The summed E-state index contributed by atoms with van der Waals surface area (Å²) in [7, 11) is 0. The SMILES string of the molecule is N#Cc1c(N)sc2c(F)ccc(-c3c(Cl)cc4c(N5CC[C@]6(CCCN6C(=O)n6cncn6)C5)nc(OC[C@@]56CCCN5C/C(=C\F)C6)nc4c3F)c12. The van der Waals surface area contributed by atoms with Crippen molar-refractivity contribution in [3.63, 3.8) is 0 Å². The van der Waals surface area contributed by atoms with Crippen LogP contribution in [0.15, 0.2) is 42.8 Å². The number of ether oxygens (including phenoxy) is 1. The van der Waals surface area contributed by atoms with Gasteiger partial charge in [-0.2, -0.15) is 25.0 Å². The van der Waals surface area contributed by atoms with Crippen LogP contribution in [0.25, 0.3) is 32.1 Å². The predicted octanol–water partition coefficient (Wildman–Crippen LogP) is 6.67. The Morgan fingerprint density at radius 1 is 1.17 bits per heavy atom. The standard InChI is InChI=1S/C36H32ClF3N10O2S/c37-24-11-22-29(28(40)27(24)21-3-4-25(39)30-26(21)23(14-41)31(42)53-30)45-33(52-17-36-6-1-8-48(36)15-20(12-36)13-38)46-32(22)47-10-7-35(16-47)5-2-9-49(35)34(51)50-19-43-18-44-50/h3-4,11,13,18-19H,1-2,5-10,12,15-17,42H2/b20-13-/t35-,36+/m1/s1. The average Bonchev–Trinajstić information content (AvgIpc) is 4.00. The number of hydrogen-bond acceptors (Lipinski definition) is 11. The first-order chi connectivity index (χ1) is 25.6. The van der Waals surface area contributed by atoms with Gasteiger partial charge in [0.1, 0.15) is 47.5 Å². The summed E-state index contributed by atoms with van der Waals surface area (Å²) >= 11 is 7.83. The fraction of sp³-hybridized carbons (Fsp3) is 0.389. The van der Waals surface area contributed by atoms with E-state index in [4.69, 9.17) is 27.1 Å². The third-order valence-corrected chi connectivity index (χ3v) is 12.8. The van der Waals surface area contributed by atoms with Crippen molar-refractivity contribution in [3.05, 3.63) is 65.0 Å². The van der Waals surface area contributed by atoms with Gasteiger partial charge in [-0.1, -0.05) is 17.7 Å². The molecule has 0 saturated carbocycles. The smallest absolute Gasteiger partial charge is 0.346 e. The molecule has 53 heavy (non-hydrogen) atoms. The number of amides is 1. The fourth-order valence-corrected chi connectivity index (χ4v) is 10.2. The molecule has 1 amide bonds. The molecule has 12 nitrogen and oxygen atoms in total. The molecular weight excluding hydrogens is 729 g/mol. The quantitative estimate of drug-likeness (QED) is 0.206. The van der Waals surface area contributed by atoms with Gasteiger partial charge in [0.05, 0.1) is 32.7 Å². The lowest BCUT2D eigenvalue weighted by Gasteiger charge is -2.34. The Kier molecular flexibility index (Phi) is 8.02. The van der Waals surface area contributed by atoms with Gasteiger partial charge in [0, 0.05) is 42.5 Å². The van der Waals surface area contributed by atoms with Crippen LogP contribution in [0, 0.1) is 23.0 Å². The van der Waals surface area contributed by atoms with E-state index in [1.54, 1.807) is 6.07 Å². The molecule has 7 heterocycles. The van der Waals surface area contributed by atoms with Crippen molar-refractivity contribution in [2.75, 3.05) is 50.0 Å². The number of rotatable bonds is 5. The molecule has 0 unspecified atom stereocenters. The second kappa shape index (κ2) is 12.6. The van der Waals surface area contributed by atoms with E-state index in [1.165, 1.54) is 29.5 Å². The second-order valence-corrected chi connectivity index (χ2v) is 15.7. The summed E-state index contributed by atoms with van der Waals surface area (Å²) in [5, 5.41) is 14.6. The number of nitriles is 1. The van der Waals surface area contributed by atoms with Crippen molar-refractivity contribution in [1.29, 1.82) is 5.26 Å². The minimum Gasteiger partial charge on any atom is -0.461 e. The van der Waals surface area contributed by atoms with Crippen LogP contribution in [0.5, 0.6) is 6.01 Å². The first-order valence-corrected chi connectivity index (χ1v) is 18.5. The predicted molar refractivity (Wildman–Crippen MR) is 194 cm³/mol. The number of nitrogens with two attached hydrogens (primary N) is 1. The van der Waals surface area contributed by atoms with E-state index < -0.39 is 22.7 Å². The highest BCUT2D eigenvalue weighted by Gasteiger charge is 2.50. The van der Waals surface area contributed by atoms with Crippen LogP contribution in [0.1, 0.15) is 44.1 Å². The van der Waals surface area contributed by atoms with Gasteiger partial charge >= 0.3 is 12.0 Å². The highest BCUT2D eigenvalue weighted by Crippen LogP contribution is 2.47. The molecule has 5 aromatic rings. The first-order valence-electron chi connectivity index (χ1n) is 17.3. The van der Waals surface area contributed by atoms with E-state index in [9.17, 15) is 18.8 Å². The molecule has 4 fully saturated rings. The Hall–Kier alpha value is -4.98. The maximum atomic E-state index is 17.2. The van der Waals surface area contributed by atoms with Gasteiger partial charge in [-0.05, 0) is 68.3 Å². The van der Waals surface area contributed by atoms with Crippen LogP contribution in [0.3, 0.4) is 0 Å². The van der Waals surface area contributed by atoms with Crippen molar-refractivity contribution in [3.8, 4) is 23.2 Å². The Morgan fingerprint density at radius 3 is 2.81 bits per heavy atom. The molecule has 4 aliphatic rings. The summed E-state index contributed by atoms with van der Waals surface area (Å²) in [6.45, 7) is 2.94. The number of nitrogens with zero attached hydrogens (tertiary/aromatic N) is 9. The van der Waals surface area contributed by atoms with E-state index >= 15 is 4.39 Å². The van der Waals surface area contributed by atoms with Crippen molar-refractivity contribution >= 4 is 60.8 Å². The first kappa shape index (κ1) is 33.8. The minimum absolute atomic E-state index is 0.00447. The maximum Gasteiger partial charge on any atom is 0.346 e.